The van der Waals surface area contributed by atoms with Crippen LogP contribution in [0.4, 0.5) is 5.13 Å². The predicted octanol–water partition coefficient (Wildman–Crippen LogP) is 3.50. The Bertz CT molecular complexity index is 715. The maximum atomic E-state index is 12.4. The van der Waals surface area contributed by atoms with Crippen LogP contribution in [0.25, 0.3) is 0 Å². The third-order valence-corrected chi connectivity index (χ3v) is 4.41. The van der Waals surface area contributed by atoms with Crippen LogP contribution in [0, 0.1) is 12.8 Å². The van der Waals surface area contributed by atoms with Crippen LogP contribution in [0.1, 0.15) is 29.9 Å². The average molecular weight is 352 g/mol. The van der Waals surface area contributed by atoms with Gasteiger partial charge in [-0.1, -0.05) is 37.6 Å². The molecule has 0 aliphatic carbocycles. The molecule has 23 heavy (non-hydrogen) atoms. The van der Waals surface area contributed by atoms with E-state index in [0.29, 0.717) is 15.7 Å². The Hall–Kier alpha value is -1.92. The van der Waals surface area contributed by atoms with Crippen molar-refractivity contribution in [2.75, 3.05) is 5.32 Å². The first-order valence-electron chi connectivity index (χ1n) is 7.17. The lowest BCUT2D eigenvalue weighted by Gasteiger charge is -2.21. The fraction of sp³-hybridized carbons (Fsp3) is 0.312. The van der Waals surface area contributed by atoms with Crippen LogP contribution >= 0.6 is 22.9 Å². The zero-order valence-corrected chi connectivity index (χ0v) is 14.7. The Balaban J connectivity index is 2.10. The van der Waals surface area contributed by atoms with E-state index < -0.39 is 6.04 Å². The van der Waals surface area contributed by atoms with Crippen molar-refractivity contribution in [2.24, 2.45) is 5.92 Å². The lowest BCUT2D eigenvalue weighted by Crippen LogP contribution is -2.47. The first-order chi connectivity index (χ1) is 10.9. The van der Waals surface area contributed by atoms with Gasteiger partial charge in [-0.2, -0.15) is 0 Å². The van der Waals surface area contributed by atoms with Crippen molar-refractivity contribution in [3.8, 4) is 0 Å². The van der Waals surface area contributed by atoms with Gasteiger partial charge in [0, 0.05) is 5.38 Å². The van der Waals surface area contributed by atoms with Gasteiger partial charge in [0.25, 0.3) is 5.91 Å². The van der Waals surface area contributed by atoms with E-state index in [1.165, 1.54) is 11.3 Å². The molecular formula is C16H18ClN3O2S. The van der Waals surface area contributed by atoms with Crippen molar-refractivity contribution in [3.05, 3.63) is 45.9 Å². The summed E-state index contributed by atoms with van der Waals surface area (Å²) in [6.45, 7) is 5.58. The minimum Gasteiger partial charge on any atom is -0.340 e. The third-order valence-electron chi connectivity index (χ3n) is 3.20. The average Bonchev–Trinajstić information content (AvgIpc) is 2.89. The molecule has 7 heteroatoms. The second kappa shape index (κ2) is 7.57. The zero-order valence-electron chi connectivity index (χ0n) is 13.1. The lowest BCUT2D eigenvalue weighted by molar-refractivity contribution is -0.118. The van der Waals surface area contributed by atoms with Gasteiger partial charge in [-0.25, -0.2) is 4.98 Å². The molecule has 2 N–H and O–H groups in total. The Kier molecular flexibility index (Phi) is 5.74. The highest BCUT2D eigenvalue weighted by atomic mass is 35.5. The molecular weight excluding hydrogens is 334 g/mol. The molecule has 1 aromatic heterocycles. The highest BCUT2D eigenvalue weighted by Gasteiger charge is 2.26. The molecule has 2 rings (SSSR count). The predicted molar refractivity (Wildman–Crippen MR) is 93.0 cm³/mol. The van der Waals surface area contributed by atoms with E-state index in [4.69, 9.17) is 11.6 Å². The Morgan fingerprint density at radius 2 is 1.96 bits per heavy atom. The summed E-state index contributed by atoms with van der Waals surface area (Å²) >= 11 is 7.37. The number of hydrogen-bond donors (Lipinski definition) is 2. The third kappa shape index (κ3) is 4.53. The minimum atomic E-state index is -0.678. The van der Waals surface area contributed by atoms with Crippen molar-refractivity contribution in [1.82, 2.24) is 10.3 Å². The quantitative estimate of drug-likeness (QED) is 0.866. The van der Waals surface area contributed by atoms with Crippen LogP contribution in [-0.2, 0) is 4.79 Å². The van der Waals surface area contributed by atoms with Gasteiger partial charge in [-0.3, -0.25) is 9.59 Å². The first-order valence-corrected chi connectivity index (χ1v) is 8.42. The molecule has 0 radical (unpaired) electrons. The molecule has 122 valence electrons. The normalized spacial score (nSPS) is 12.0. The van der Waals surface area contributed by atoms with Gasteiger partial charge in [0.1, 0.15) is 6.04 Å². The molecule has 2 aromatic rings. The first kappa shape index (κ1) is 17.4. The highest BCUT2D eigenvalue weighted by Crippen LogP contribution is 2.17. The summed E-state index contributed by atoms with van der Waals surface area (Å²) in [6, 6.07) is 6.05. The SMILES string of the molecule is Cc1csc(NC(=O)C(NC(=O)c2ccccc2Cl)C(C)C)n1. The minimum absolute atomic E-state index is 0.0810. The van der Waals surface area contributed by atoms with E-state index in [1.54, 1.807) is 24.3 Å². The number of aromatic nitrogens is 1. The van der Waals surface area contributed by atoms with Crippen molar-refractivity contribution in [1.29, 1.82) is 0 Å². The van der Waals surface area contributed by atoms with Crippen LogP contribution in [0.15, 0.2) is 29.6 Å². The van der Waals surface area contributed by atoms with Gasteiger partial charge in [-0.05, 0) is 25.0 Å². The Morgan fingerprint density at radius 3 is 2.52 bits per heavy atom. The molecule has 1 aromatic carbocycles. The molecule has 5 nitrogen and oxygen atoms in total. The molecule has 1 atom stereocenters. The number of hydrogen-bond acceptors (Lipinski definition) is 4. The summed E-state index contributed by atoms with van der Waals surface area (Å²) in [5.41, 5.74) is 1.18. The van der Waals surface area contributed by atoms with E-state index >= 15 is 0 Å². The largest absolute Gasteiger partial charge is 0.340 e. The van der Waals surface area contributed by atoms with Gasteiger partial charge >= 0.3 is 0 Å². The van der Waals surface area contributed by atoms with Crippen molar-refractivity contribution in [3.63, 3.8) is 0 Å². The molecule has 0 spiro atoms. The number of halogens is 1. The molecule has 0 fully saturated rings. The zero-order chi connectivity index (χ0) is 17.0. The molecule has 1 unspecified atom stereocenters. The summed E-state index contributed by atoms with van der Waals surface area (Å²) in [6.07, 6.45) is 0. The summed E-state index contributed by atoms with van der Waals surface area (Å²) in [7, 11) is 0. The fourth-order valence-electron chi connectivity index (χ4n) is 1.99. The number of nitrogens with zero attached hydrogens (tertiary/aromatic N) is 1. The molecule has 1 heterocycles. The number of rotatable bonds is 5. The van der Waals surface area contributed by atoms with Gasteiger partial charge in [-0.15, -0.1) is 11.3 Å². The van der Waals surface area contributed by atoms with Crippen LogP contribution in [0.5, 0.6) is 0 Å². The summed E-state index contributed by atoms with van der Waals surface area (Å²) < 4.78 is 0. The molecule has 0 bridgehead atoms. The second-order valence-corrected chi connectivity index (χ2v) is 6.72. The fourth-order valence-corrected chi connectivity index (χ4v) is 2.91. The maximum Gasteiger partial charge on any atom is 0.253 e. The molecule has 2 amide bonds. The van der Waals surface area contributed by atoms with Gasteiger partial charge in [0.2, 0.25) is 5.91 Å². The van der Waals surface area contributed by atoms with Crippen LogP contribution in [0.2, 0.25) is 5.02 Å². The molecule has 0 saturated heterocycles. The monoisotopic (exact) mass is 351 g/mol. The van der Waals surface area contributed by atoms with Crippen molar-refractivity contribution >= 4 is 39.9 Å². The summed E-state index contributed by atoms with van der Waals surface area (Å²) in [5, 5.41) is 8.20. The Labute approximate surface area is 144 Å². The molecule has 0 aliphatic rings. The van der Waals surface area contributed by atoms with E-state index in [1.807, 2.05) is 26.2 Å². The molecule has 0 saturated carbocycles. The van der Waals surface area contributed by atoms with Crippen LogP contribution in [-0.4, -0.2) is 22.8 Å². The van der Waals surface area contributed by atoms with Gasteiger partial charge in [0.05, 0.1) is 16.3 Å². The Morgan fingerprint density at radius 1 is 1.26 bits per heavy atom. The van der Waals surface area contributed by atoms with Crippen LogP contribution < -0.4 is 10.6 Å². The number of thiazole rings is 1. The highest BCUT2D eigenvalue weighted by molar-refractivity contribution is 7.13. The van der Waals surface area contributed by atoms with Gasteiger partial charge < -0.3 is 10.6 Å². The van der Waals surface area contributed by atoms with Gasteiger partial charge in [0.15, 0.2) is 5.13 Å². The lowest BCUT2D eigenvalue weighted by atomic mass is 10.0. The second-order valence-electron chi connectivity index (χ2n) is 5.46. The van der Waals surface area contributed by atoms with Crippen LogP contribution in [0.3, 0.4) is 0 Å². The summed E-state index contributed by atoms with van der Waals surface area (Å²) in [5.74, 6) is -0.753. The number of carbonyl (C=O) groups is 2. The number of amides is 2. The van der Waals surface area contributed by atoms with Crippen molar-refractivity contribution in [2.45, 2.75) is 26.8 Å². The number of nitrogens with one attached hydrogen (secondary N) is 2. The van der Waals surface area contributed by atoms with E-state index in [0.717, 1.165) is 5.69 Å². The van der Waals surface area contributed by atoms with E-state index in [2.05, 4.69) is 15.6 Å². The standard InChI is InChI=1S/C16H18ClN3O2S/c1-9(2)13(15(22)20-16-18-10(3)8-23-16)19-14(21)11-6-4-5-7-12(11)17/h4-9,13H,1-3H3,(H,19,21)(H,18,20,22). The summed E-state index contributed by atoms with van der Waals surface area (Å²) in [4.78, 5) is 29.0. The number of carbonyl (C=O) groups excluding carboxylic acids is 2. The maximum absolute atomic E-state index is 12.4. The van der Waals surface area contributed by atoms with E-state index in [-0.39, 0.29) is 17.7 Å². The smallest absolute Gasteiger partial charge is 0.253 e. The topological polar surface area (TPSA) is 71.1 Å². The number of benzene rings is 1. The number of aryl methyl sites for hydroxylation is 1. The van der Waals surface area contributed by atoms with Crippen molar-refractivity contribution < 1.29 is 9.59 Å². The number of anilines is 1. The molecule has 0 aliphatic heterocycles. The van der Waals surface area contributed by atoms with E-state index in [9.17, 15) is 9.59 Å².